The zero-order valence-corrected chi connectivity index (χ0v) is 24.0. The molecule has 1 aromatic heterocycles. The van der Waals surface area contributed by atoms with Gasteiger partial charge in [0, 0.05) is 47.3 Å². The second-order valence-corrected chi connectivity index (χ2v) is 13.0. The first-order valence-corrected chi connectivity index (χ1v) is 13.4. The molecule has 0 atom stereocenters. The second kappa shape index (κ2) is 10.0. The summed E-state index contributed by atoms with van der Waals surface area (Å²) in [4.78, 5) is 19.3. The summed E-state index contributed by atoms with van der Waals surface area (Å²) in [6.07, 6.45) is 4.08. The van der Waals surface area contributed by atoms with Crippen LogP contribution in [-0.2, 0) is 0 Å². The zero-order valence-electron chi connectivity index (χ0n) is 24.0. The van der Waals surface area contributed by atoms with Crippen molar-refractivity contribution < 1.29 is 4.74 Å². The molecule has 8 heteroatoms. The summed E-state index contributed by atoms with van der Waals surface area (Å²) < 4.78 is 5.76. The van der Waals surface area contributed by atoms with Crippen LogP contribution >= 0.6 is 0 Å². The van der Waals surface area contributed by atoms with Crippen molar-refractivity contribution in [3.63, 3.8) is 0 Å². The minimum absolute atomic E-state index is 0.0318. The molecular weight excluding hydrogens is 438 g/mol. The number of aromatic nitrogens is 3. The number of rotatable bonds is 8. The Morgan fingerprint density at radius 3 is 1.34 bits per heavy atom. The summed E-state index contributed by atoms with van der Waals surface area (Å²) in [5.74, 6) is 1.40. The zero-order chi connectivity index (χ0) is 26.2. The van der Waals surface area contributed by atoms with Crippen molar-refractivity contribution in [1.82, 2.24) is 25.6 Å². The van der Waals surface area contributed by atoms with Crippen LogP contribution in [-0.4, -0.2) is 68.9 Å². The van der Waals surface area contributed by atoms with Gasteiger partial charge >= 0.3 is 6.01 Å². The van der Waals surface area contributed by atoms with E-state index in [2.05, 4.69) is 96.6 Å². The fourth-order valence-corrected chi connectivity index (χ4v) is 6.85. The summed E-state index contributed by atoms with van der Waals surface area (Å²) in [5, 5.41) is 7.59. The molecule has 199 valence electrons. The molecule has 0 spiro atoms. The third-order valence-electron chi connectivity index (χ3n) is 7.24. The topological polar surface area (TPSA) is 78.4 Å². The number of piperidine rings is 2. The average Bonchev–Trinajstić information content (AvgIpc) is 2.64. The van der Waals surface area contributed by atoms with E-state index in [0.29, 0.717) is 30.0 Å². The molecule has 1 radical (unpaired) electrons. The van der Waals surface area contributed by atoms with Gasteiger partial charge in [0.1, 0.15) is 0 Å². The lowest BCUT2D eigenvalue weighted by Crippen LogP contribution is -2.62. The number of nitrogens with one attached hydrogen (secondary N) is 2. The van der Waals surface area contributed by atoms with Gasteiger partial charge in [-0.25, -0.2) is 0 Å². The van der Waals surface area contributed by atoms with E-state index in [0.717, 1.165) is 38.8 Å². The van der Waals surface area contributed by atoms with Crippen LogP contribution in [0.3, 0.4) is 0 Å². The van der Waals surface area contributed by atoms with Crippen LogP contribution in [0.2, 0.25) is 0 Å². The van der Waals surface area contributed by atoms with Gasteiger partial charge in [-0.2, -0.15) is 15.0 Å². The minimum atomic E-state index is 0.0318. The van der Waals surface area contributed by atoms with E-state index in [1.165, 1.54) is 0 Å². The quantitative estimate of drug-likeness (QED) is 0.559. The molecule has 0 unspecified atom stereocenters. The van der Waals surface area contributed by atoms with Gasteiger partial charge in [0.2, 0.25) is 11.9 Å². The molecule has 0 bridgehead atoms. The highest BCUT2D eigenvalue weighted by molar-refractivity contribution is 5.43. The average molecular weight is 489 g/mol. The number of ether oxygens (including phenoxy) is 1. The predicted molar refractivity (Wildman–Crippen MR) is 145 cm³/mol. The van der Waals surface area contributed by atoms with E-state index < -0.39 is 0 Å². The van der Waals surface area contributed by atoms with Crippen LogP contribution in [0.4, 0.5) is 11.9 Å². The van der Waals surface area contributed by atoms with Crippen LogP contribution < -0.4 is 25.2 Å². The Bertz CT molecular complexity index is 771. The number of nitrogens with zero attached hydrogens (tertiary/aromatic N) is 5. The largest absolute Gasteiger partial charge is 0.463 e. The van der Waals surface area contributed by atoms with Gasteiger partial charge in [0.25, 0.3) is 0 Å². The highest BCUT2D eigenvalue weighted by Gasteiger charge is 2.42. The summed E-state index contributed by atoms with van der Waals surface area (Å²) in [6, 6.07) is 0.999. The summed E-state index contributed by atoms with van der Waals surface area (Å²) in [6.45, 7) is 28.4. The Kier molecular flexibility index (Phi) is 7.98. The minimum Gasteiger partial charge on any atom is -0.463 e. The first kappa shape index (κ1) is 27.9. The van der Waals surface area contributed by atoms with Crippen molar-refractivity contribution in [3.05, 3.63) is 6.92 Å². The first-order chi connectivity index (χ1) is 16.1. The third kappa shape index (κ3) is 6.97. The maximum absolute atomic E-state index is 5.76. The predicted octanol–water partition coefficient (Wildman–Crippen LogP) is 4.36. The van der Waals surface area contributed by atoms with Gasteiger partial charge in [0.15, 0.2) is 0 Å². The molecule has 2 saturated heterocycles. The number of anilines is 2. The normalized spacial score (nSPS) is 23.6. The SMILES string of the molecule is [CH2]COc1nc(N(CC)C2CC(C)(C)NC(C)(C)C2)nc(N(CC)C2CC(C)(C)NC(C)(C)C2)n1. The highest BCUT2D eigenvalue weighted by atomic mass is 16.5. The van der Waals surface area contributed by atoms with E-state index in [-0.39, 0.29) is 28.8 Å². The molecule has 2 aliphatic rings. The van der Waals surface area contributed by atoms with Crippen LogP contribution in [0.5, 0.6) is 6.01 Å². The Morgan fingerprint density at radius 2 is 1.06 bits per heavy atom. The number of hydrogen-bond donors (Lipinski definition) is 2. The molecule has 35 heavy (non-hydrogen) atoms. The Balaban J connectivity index is 2.01. The van der Waals surface area contributed by atoms with Gasteiger partial charge in [-0.15, -0.1) is 0 Å². The molecule has 3 rings (SSSR count). The molecule has 0 saturated carbocycles. The molecule has 8 nitrogen and oxygen atoms in total. The van der Waals surface area contributed by atoms with Gasteiger partial charge in [0.05, 0.1) is 6.61 Å². The van der Waals surface area contributed by atoms with Crippen molar-refractivity contribution in [1.29, 1.82) is 0 Å². The summed E-state index contributed by atoms with van der Waals surface area (Å²) in [5.41, 5.74) is 0.127. The third-order valence-corrected chi connectivity index (χ3v) is 7.24. The number of hydrogen-bond acceptors (Lipinski definition) is 8. The molecule has 2 N–H and O–H groups in total. The lowest BCUT2D eigenvalue weighted by Gasteiger charge is -2.50. The molecule has 2 aliphatic heterocycles. The van der Waals surface area contributed by atoms with Crippen molar-refractivity contribution in [2.75, 3.05) is 29.5 Å². The smallest absolute Gasteiger partial charge is 0.323 e. The van der Waals surface area contributed by atoms with Gasteiger partial charge < -0.3 is 25.2 Å². The van der Waals surface area contributed by atoms with Crippen LogP contribution in [0, 0.1) is 6.92 Å². The van der Waals surface area contributed by atoms with Gasteiger partial charge in [-0.3, -0.25) is 0 Å². The maximum atomic E-state index is 5.76. The molecule has 2 fully saturated rings. The molecular formula is C27H50N7O. The van der Waals surface area contributed by atoms with E-state index in [4.69, 9.17) is 19.7 Å². The lowest BCUT2D eigenvalue weighted by molar-refractivity contribution is 0.158. The van der Waals surface area contributed by atoms with Gasteiger partial charge in [-0.05, 0) is 102 Å². The Labute approximate surface area is 214 Å². The highest BCUT2D eigenvalue weighted by Crippen LogP contribution is 2.36. The molecule has 0 amide bonds. The van der Waals surface area contributed by atoms with Crippen molar-refractivity contribution in [2.24, 2.45) is 0 Å². The van der Waals surface area contributed by atoms with Gasteiger partial charge in [-0.1, -0.05) is 0 Å². The van der Waals surface area contributed by atoms with Crippen molar-refractivity contribution in [2.45, 2.75) is 129 Å². The van der Waals surface area contributed by atoms with Crippen molar-refractivity contribution in [3.8, 4) is 6.01 Å². The molecule has 3 heterocycles. The van der Waals surface area contributed by atoms with E-state index >= 15 is 0 Å². The molecule has 0 aliphatic carbocycles. The fraction of sp³-hybridized carbons (Fsp3) is 0.852. The van der Waals surface area contributed by atoms with Crippen LogP contribution in [0.15, 0.2) is 0 Å². The molecule has 0 aromatic carbocycles. The Morgan fingerprint density at radius 1 is 0.714 bits per heavy atom. The Hall–Kier alpha value is -1.67. The van der Waals surface area contributed by atoms with Crippen LogP contribution in [0.1, 0.15) is 94.9 Å². The molecule has 1 aromatic rings. The lowest BCUT2D eigenvalue weighted by atomic mass is 9.79. The van der Waals surface area contributed by atoms with E-state index in [1.807, 2.05) is 0 Å². The summed E-state index contributed by atoms with van der Waals surface area (Å²) in [7, 11) is 0. The first-order valence-electron chi connectivity index (χ1n) is 13.4. The van der Waals surface area contributed by atoms with E-state index in [1.54, 1.807) is 0 Å². The van der Waals surface area contributed by atoms with Crippen LogP contribution in [0.25, 0.3) is 0 Å². The summed E-state index contributed by atoms with van der Waals surface area (Å²) >= 11 is 0. The standard InChI is InChI=1S/C27H50N7O/c1-12-33(19-15-24(4,5)31-25(6,7)16-19)21-28-22(30-23(29-21)35-14-3)34(13-2)20-17-26(8,9)32-27(10,11)18-20/h19-20,31-32H,3,12-18H2,1-2,4-11H3. The monoisotopic (exact) mass is 488 g/mol. The van der Waals surface area contributed by atoms with Crippen molar-refractivity contribution >= 4 is 11.9 Å². The fourth-order valence-electron chi connectivity index (χ4n) is 6.85. The maximum Gasteiger partial charge on any atom is 0.323 e. The van der Waals surface area contributed by atoms with E-state index in [9.17, 15) is 0 Å². The second-order valence-electron chi connectivity index (χ2n) is 13.0.